The molecule has 0 spiro atoms. The van der Waals surface area contributed by atoms with Gasteiger partial charge in [0.2, 0.25) is 23.6 Å². The van der Waals surface area contributed by atoms with E-state index < -0.39 is 17.8 Å². The van der Waals surface area contributed by atoms with E-state index in [0.717, 1.165) is 0 Å². The number of ether oxygens (including phenoxy) is 2. The fourth-order valence-corrected chi connectivity index (χ4v) is 4.72. The highest BCUT2D eigenvalue weighted by Crippen LogP contribution is 2.18. The van der Waals surface area contributed by atoms with Gasteiger partial charge >= 0.3 is 11.9 Å². The van der Waals surface area contributed by atoms with Gasteiger partial charge in [0, 0.05) is 46.0 Å². The zero-order valence-corrected chi connectivity index (χ0v) is 30.3. The van der Waals surface area contributed by atoms with E-state index in [1.54, 1.807) is 54.7 Å². The second-order valence-corrected chi connectivity index (χ2v) is 11.9. The summed E-state index contributed by atoms with van der Waals surface area (Å²) in [7, 11) is 0. The highest BCUT2D eigenvalue weighted by molar-refractivity contribution is 5.95. The van der Waals surface area contributed by atoms with Gasteiger partial charge in [-0.2, -0.15) is 0 Å². The number of carbonyl (C=O) groups excluding carboxylic acids is 7. The van der Waals surface area contributed by atoms with Gasteiger partial charge in [-0.3, -0.25) is 33.8 Å². The van der Waals surface area contributed by atoms with Crippen LogP contribution in [0.5, 0.6) is 0 Å². The largest absolute Gasteiger partial charge is 0.461 e. The standard InChI is InChI=1S/C38H38N8O9/c1-22(47)41-32-15-27(16-33(45-32)42-23(2)48)20-54-36(51)13-14-39-37(52)29-9-11-31(12-10-29)40-19-26-5-7-30(8-6-26)38(53)55-21-28-17-34(43-24(3)49)46-35(18-28)44-25(4)50/h5-12,15-19H,13-14,20-21H2,1-4H3,(H,39,52)(H2,41,42,45,47,48)(H2,43,44,46,49,50)/b40-19+. The molecule has 4 aromatic rings. The number of hydrogen-bond donors (Lipinski definition) is 5. The minimum Gasteiger partial charge on any atom is -0.461 e. The topological polar surface area (TPSA) is 236 Å². The van der Waals surface area contributed by atoms with E-state index in [-0.39, 0.29) is 73.1 Å². The van der Waals surface area contributed by atoms with Gasteiger partial charge in [0.15, 0.2) is 0 Å². The quantitative estimate of drug-likeness (QED) is 0.0849. The van der Waals surface area contributed by atoms with Crippen molar-refractivity contribution in [3.63, 3.8) is 0 Å². The lowest BCUT2D eigenvalue weighted by Gasteiger charge is -2.10. The molecular weight excluding hydrogens is 712 g/mol. The number of hydrogen-bond acceptors (Lipinski definition) is 12. The molecule has 0 aliphatic heterocycles. The van der Waals surface area contributed by atoms with E-state index in [1.165, 1.54) is 52.0 Å². The van der Waals surface area contributed by atoms with Gasteiger partial charge in [-0.1, -0.05) is 12.1 Å². The summed E-state index contributed by atoms with van der Waals surface area (Å²) in [6, 6.07) is 19.1. The fraction of sp³-hybridized carbons (Fsp3) is 0.211. The summed E-state index contributed by atoms with van der Waals surface area (Å²) in [6.45, 7) is 5.00. The Labute approximate surface area is 315 Å². The lowest BCUT2D eigenvalue weighted by molar-refractivity contribution is -0.144. The van der Waals surface area contributed by atoms with Crippen molar-refractivity contribution < 1.29 is 43.0 Å². The van der Waals surface area contributed by atoms with Crippen molar-refractivity contribution in [3.05, 3.63) is 101 Å². The molecule has 0 saturated heterocycles. The van der Waals surface area contributed by atoms with Crippen LogP contribution in [0.25, 0.3) is 0 Å². The lowest BCUT2D eigenvalue weighted by Crippen LogP contribution is -2.26. The Kier molecular flexibility index (Phi) is 14.4. The van der Waals surface area contributed by atoms with Gasteiger partial charge in [0.25, 0.3) is 5.91 Å². The number of aliphatic imine (C=N–C) groups is 1. The molecule has 0 aliphatic rings. The maximum absolute atomic E-state index is 12.7. The Bertz CT molecular complexity index is 2050. The third-order valence-corrected chi connectivity index (χ3v) is 7.01. The van der Waals surface area contributed by atoms with Crippen LogP contribution in [0.2, 0.25) is 0 Å². The number of nitrogens with zero attached hydrogens (tertiary/aromatic N) is 3. The molecule has 2 aromatic heterocycles. The molecular formula is C38H38N8O9. The van der Waals surface area contributed by atoms with Crippen LogP contribution in [0.3, 0.4) is 0 Å². The van der Waals surface area contributed by atoms with Crippen LogP contribution in [-0.2, 0) is 46.7 Å². The Hall–Kier alpha value is -7.30. The van der Waals surface area contributed by atoms with Crippen molar-refractivity contribution >= 4 is 76.6 Å². The molecule has 284 valence electrons. The van der Waals surface area contributed by atoms with Gasteiger partial charge in [-0.15, -0.1) is 0 Å². The Morgan fingerprint density at radius 1 is 0.600 bits per heavy atom. The van der Waals surface area contributed by atoms with E-state index in [1.807, 2.05) is 0 Å². The van der Waals surface area contributed by atoms with E-state index in [0.29, 0.717) is 33.5 Å². The summed E-state index contributed by atoms with van der Waals surface area (Å²) >= 11 is 0. The van der Waals surface area contributed by atoms with Crippen LogP contribution in [0, 0.1) is 0 Å². The van der Waals surface area contributed by atoms with Crippen LogP contribution in [0.15, 0.2) is 77.8 Å². The first-order valence-corrected chi connectivity index (χ1v) is 16.7. The van der Waals surface area contributed by atoms with Crippen LogP contribution in [0.1, 0.15) is 71.5 Å². The molecule has 2 heterocycles. The average Bonchev–Trinajstić information content (AvgIpc) is 3.11. The molecule has 2 aromatic carbocycles. The minimum absolute atomic E-state index is 0.0224. The smallest absolute Gasteiger partial charge is 0.338 e. The maximum Gasteiger partial charge on any atom is 0.338 e. The molecule has 17 nitrogen and oxygen atoms in total. The number of amides is 5. The zero-order chi connectivity index (χ0) is 39.9. The second-order valence-electron chi connectivity index (χ2n) is 11.9. The third kappa shape index (κ3) is 14.0. The first-order chi connectivity index (χ1) is 26.2. The number of pyridine rings is 2. The van der Waals surface area contributed by atoms with Crippen LogP contribution >= 0.6 is 0 Å². The predicted molar refractivity (Wildman–Crippen MR) is 202 cm³/mol. The summed E-state index contributed by atoms with van der Waals surface area (Å²) in [4.78, 5) is 96.1. The molecule has 0 saturated carbocycles. The van der Waals surface area contributed by atoms with Gasteiger partial charge in [-0.25, -0.2) is 14.8 Å². The lowest BCUT2D eigenvalue weighted by atomic mass is 10.1. The summed E-state index contributed by atoms with van der Waals surface area (Å²) < 4.78 is 10.7. The summed E-state index contributed by atoms with van der Waals surface area (Å²) in [5, 5.41) is 12.8. The highest BCUT2D eigenvalue weighted by atomic mass is 16.5. The van der Waals surface area contributed by atoms with Crippen LogP contribution in [0.4, 0.5) is 29.0 Å². The van der Waals surface area contributed by atoms with Crippen molar-refractivity contribution in [1.82, 2.24) is 15.3 Å². The molecule has 0 aliphatic carbocycles. The van der Waals surface area contributed by atoms with E-state index in [4.69, 9.17) is 9.47 Å². The SMILES string of the molecule is CC(=O)Nc1cc(COC(=O)CCNC(=O)c2ccc(/N=C/c3ccc(C(=O)OCc4cc(NC(C)=O)nc(NC(C)=O)c4)cc3)cc2)cc(NC(C)=O)n1. The first kappa shape index (κ1) is 40.5. The molecule has 0 radical (unpaired) electrons. The van der Waals surface area contributed by atoms with Crippen molar-refractivity contribution in [2.75, 3.05) is 27.8 Å². The molecule has 0 unspecified atom stereocenters. The van der Waals surface area contributed by atoms with Crippen LogP contribution < -0.4 is 26.6 Å². The number of benzene rings is 2. The highest BCUT2D eigenvalue weighted by Gasteiger charge is 2.13. The molecule has 5 N–H and O–H groups in total. The molecule has 5 amide bonds. The van der Waals surface area contributed by atoms with Crippen LogP contribution in [-0.4, -0.2) is 64.2 Å². The zero-order valence-electron chi connectivity index (χ0n) is 30.3. The maximum atomic E-state index is 12.7. The van der Waals surface area contributed by atoms with Gasteiger partial charge < -0.3 is 36.1 Å². The normalized spacial score (nSPS) is 10.5. The average molecular weight is 751 g/mol. The molecule has 4 rings (SSSR count). The minimum atomic E-state index is -0.588. The van der Waals surface area contributed by atoms with Crippen molar-refractivity contribution in [3.8, 4) is 0 Å². The second kappa shape index (κ2) is 19.5. The molecule has 55 heavy (non-hydrogen) atoms. The van der Waals surface area contributed by atoms with Gasteiger partial charge in [0.05, 0.1) is 17.7 Å². The monoisotopic (exact) mass is 750 g/mol. The Morgan fingerprint density at radius 2 is 1.04 bits per heavy atom. The van der Waals surface area contributed by atoms with Gasteiger partial charge in [-0.05, 0) is 77.4 Å². The third-order valence-electron chi connectivity index (χ3n) is 7.01. The Morgan fingerprint density at radius 3 is 1.49 bits per heavy atom. The predicted octanol–water partition coefficient (Wildman–Crippen LogP) is 4.28. The summed E-state index contributed by atoms with van der Waals surface area (Å²) in [5.74, 6) is -2.22. The van der Waals surface area contributed by atoms with Gasteiger partial charge in [0.1, 0.15) is 36.5 Å². The molecule has 17 heteroatoms. The number of esters is 2. The number of rotatable bonds is 15. The first-order valence-electron chi connectivity index (χ1n) is 16.7. The Balaban J connectivity index is 1.23. The van der Waals surface area contributed by atoms with E-state index in [2.05, 4.69) is 41.5 Å². The van der Waals surface area contributed by atoms with Crippen molar-refractivity contribution in [1.29, 1.82) is 0 Å². The molecule has 0 bridgehead atoms. The van der Waals surface area contributed by atoms with Crippen molar-refractivity contribution in [2.24, 2.45) is 4.99 Å². The van der Waals surface area contributed by atoms with E-state index >= 15 is 0 Å². The number of aromatic nitrogens is 2. The summed E-state index contributed by atoms with van der Waals surface area (Å²) in [6.07, 6.45) is 1.49. The molecule has 0 fully saturated rings. The number of nitrogens with one attached hydrogen (secondary N) is 5. The molecule has 0 atom stereocenters. The van der Waals surface area contributed by atoms with Crippen molar-refractivity contribution in [2.45, 2.75) is 47.3 Å². The number of anilines is 4. The fourth-order valence-electron chi connectivity index (χ4n) is 4.72. The van der Waals surface area contributed by atoms with E-state index in [9.17, 15) is 33.6 Å². The number of carbonyl (C=O) groups is 7. The summed E-state index contributed by atoms with van der Waals surface area (Å²) in [5.41, 5.74) is 2.90.